The second kappa shape index (κ2) is 12.1. The van der Waals surface area contributed by atoms with Crippen molar-refractivity contribution in [3.63, 3.8) is 0 Å². The molecule has 1 saturated heterocycles. The first-order valence-electron chi connectivity index (χ1n) is 12.3. The van der Waals surface area contributed by atoms with Crippen LogP contribution in [0.5, 0.6) is 5.75 Å². The Labute approximate surface area is 234 Å². The number of hydrogen-bond acceptors (Lipinski definition) is 6. The van der Waals surface area contributed by atoms with Crippen molar-refractivity contribution in [3.8, 4) is 5.75 Å². The second-order valence-electron chi connectivity index (χ2n) is 9.64. The molecule has 0 radical (unpaired) electrons. The van der Waals surface area contributed by atoms with Crippen LogP contribution < -0.4 is 10.1 Å². The summed E-state index contributed by atoms with van der Waals surface area (Å²) in [5.41, 5.74) is -2.24. The topological polar surface area (TPSA) is 102 Å². The third-order valence-corrected chi connectivity index (χ3v) is 7.07. The molecule has 0 spiro atoms. The zero-order chi connectivity index (χ0) is 30.8. The fraction of sp³-hybridized carbons (Fsp3) is 0.462. The van der Waals surface area contributed by atoms with E-state index in [0.29, 0.717) is 15.7 Å². The van der Waals surface area contributed by atoms with Crippen LogP contribution in [0.15, 0.2) is 30.3 Å². The van der Waals surface area contributed by atoms with Crippen LogP contribution in [0, 0.1) is 5.92 Å². The molecule has 0 aromatic heterocycles. The SMILES string of the molecule is CCC(C)(NC(=O)c1cc(Cl)c2ccccc2c1OCC1CCN(C(=O)C(F)(F)F)CC1)C(=O)OC(=O)C(F)(F)F. The highest BCUT2D eigenvalue weighted by Crippen LogP contribution is 2.36. The van der Waals surface area contributed by atoms with Crippen LogP contribution in [0.1, 0.15) is 43.5 Å². The molecule has 2 amide bonds. The molecule has 1 atom stereocenters. The molecular formula is C26H25ClF6N2O6. The van der Waals surface area contributed by atoms with Gasteiger partial charge in [0, 0.05) is 28.9 Å². The maximum Gasteiger partial charge on any atom is 0.491 e. The molecule has 8 nitrogen and oxygen atoms in total. The summed E-state index contributed by atoms with van der Waals surface area (Å²) in [7, 11) is 0. The van der Waals surface area contributed by atoms with Gasteiger partial charge in [-0.2, -0.15) is 26.3 Å². The van der Waals surface area contributed by atoms with Crippen molar-refractivity contribution in [2.75, 3.05) is 19.7 Å². The van der Waals surface area contributed by atoms with Crippen molar-refractivity contribution in [1.29, 1.82) is 0 Å². The number of nitrogens with zero attached hydrogens (tertiary/aromatic N) is 1. The molecule has 2 aromatic carbocycles. The van der Waals surface area contributed by atoms with Crippen LogP contribution in [-0.4, -0.2) is 66.2 Å². The second-order valence-corrected chi connectivity index (χ2v) is 10.0. The van der Waals surface area contributed by atoms with Crippen molar-refractivity contribution >= 4 is 46.1 Å². The van der Waals surface area contributed by atoms with Gasteiger partial charge in [-0.1, -0.05) is 42.8 Å². The van der Waals surface area contributed by atoms with Crippen LogP contribution in [0.2, 0.25) is 5.02 Å². The molecule has 0 aliphatic carbocycles. The molecule has 15 heteroatoms. The number of piperidine rings is 1. The number of ether oxygens (including phenoxy) is 2. The van der Waals surface area contributed by atoms with Crippen molar-refractivity contribution in [1.82, 2.24) is 10.2 Å². The number of likely N-dealkylation sites (tertiary alicyclic amines) is 1. The van der Waals surface area contributed by atoms with Gasteiger partial charge in [0.1, 0.15) is 11.3 Å². The van der Waals surface area contributed by atoms with E-state index in [2.05, 4.69) is 10.1 Å². The maximum absolute atomic E-state index is 13.4. The third kappa shape index (κ3) is 7.40. The van der Waals surface area contributed by atoms with E-state index < -0.39 is 41.6 Å². The molecule has 0 saturated carbocycles. The Bertz CT molecular complexity index is 1340. The number of amides is 2. The summed E-state index contributed by atoms with van der Waals surface area (Å²) < 4.78 is 86.0. The van der Waals surface area contributed by atoms with E-state index in [1.165, 1.54) is 13.0 Å². The van der Waals surface area contributed by atoms with Crippen LogP contribution in [0.3, 0.4) is 0 Å². The molecule has 3 rings (SSSR count). The fourth-order valence-electron chi connectivity index (χ4n) is 4.17. The Hall–Kier alpha value is -3.55. The summed E-state index contributed by atoms with van der Waals surface area (Å²) in [4.78, 5) is 49.2. The van der Waals surface area contributed by atoms with E-state index in [1.54, 1.807) is 24.3 Å². The highest BCUT2D eigenvalue weighted by molar-refractivity contribution is 6.36. The van der Waals surface area contributed by atoms with Gasteiger partial charge in [0.25, 0.3) is 5.91 Å². The predicted octanol–water partition coefficient (Wildman–Crippen LogP) is 5.20. The number of rotatable bonds is 7. The standard InChI is InChI=1S/C26H25ClF6N2O6/c1-3-24(2,22(38)41-23(39)26(31,32)33)34-20(36)17-12-18(27)15-6-4-5-7-16(15)19(17)40-13-14-8-10-35(11-9-14)21(37)25(28,29)30/h4-7,12,14H,3,8-11,13H2,1-2H3,(H,34,36). The third-order valence-electron chi connectivity index (χ3n) is 6.76. The molecule has 1 heterocycles. The van der Waals surface area contributed by atoms with Crippen LogP contribution in [0.25, 0.3) is 10.8 Å². The van der Waals surface area contributed by atoms with Gasteiger partial charge < -0.3 is 19.7 Å². The molecule has 1 unspecified atom stereocenters. The first kappa shape index (κ1) is 32.0. The van der Waals surface area contributed by atoms with E-state index in [1.807, 2.05) is 0 Å². The zero-order valence-corrected chi connectivity index (χ0v) is 22.5. The zero-order valence-electron chi connectivity index (χ0n) is 21.7. The lowest BCUT2D eigenvalue weighted by molar-refractivity contribution is -0.203. The highest BCUT2D eigenvalue weighted by Gasteiger charge is 2.46. The summed E-state index contributed by atoms with van der Waals surface area (Å²) in [6, 6.07) is 7.77. The Kier molecular flexibility index (Phi) is 9.46. The molecule has 1 N–H and O–H groups in total. The minimum Gasteiger partial charge on any atom is -0.492 e. The number of esters is 2. The average Bonchev–Trinajstić information content (AvgIpc) is 2.91. The summed E-state index contributed by atoms with van der Waals surface area (Å²) in [6.07, 6.45) is -10.3. The molecule has 1 fully saturated rings. The van der Waals surface area contributed by atoms with Gasteiger partial charge >= 0.3 is 30.2 Å². The van der Waals surface area contributed by atoms with Crippen molar-refractivity contribution in [3.05, 3.63) is 40.9 Å². The molecule has 1 aliphatic rings. The number of alkyl halides is 6. The van der Waals surface area contributed by atoms with Gasteiger partial charge in [0.15, 0.2) is 0 Å². The van der Waals surface area contributed by atoms with Gasteiger partial charge in [0.2, 0.25) is 0 Å². The number of carbonyl (C=O) groups is 4. The molecule has 2 aromatic rings. The van der Waals surface area contributed by atoms with Crippen molar-refractivity contribution < 1.29 is 55.0 Å². The maximum atomic E-state index is 13.4. The van der Waals surface area contributed by atoms with Gasteiger partial charge in [-0.3, -0.25) is 9.59 Å². The Balaban J connectivity index is 1.84. The smallest absolute Gasteiger partial charge is 0.491 e. The van der Waals surface area contributed by atoms with Crippen LogP contribution in [-0.2, 0) is 19.1 Å². The van der Waals surface area contributed by atoms with Crippen molar-refractivity contribution in [2.45, 2.75) is 51.0 Å². The number of fused-ring (bicyclic) bond motifs is 1. The summed E-state index contributed by atoms with van der Waals surface area (Å²) in [5.74, 6) is -7.54. The lowest BCUT2D eigenvalue weighted by Gasteiger charge is -2.32. The fourth-order valence-corrected chi connectivity index (χ4v) is 4.44. The normalized spacial score (nSPS) is 16.2. The Morgan fingerprint density at radius 2 is 1.56 bits per heavy atom. The minimum atomic E-state index is -5.43. The molecule has 0 bridgehead atoms. The Morgan fingerprint density at radius 1 is 0.976 bits per heavy atom. The first-order valence-corrected chi connectivity index (χ1v) is 12.7. The van der Waals surface area contributed by atoms with E-state index in [4.69, 9.17) is 16.3 Å². The minimum absolute atomic E-state index is 0.00878. The van der Waals surface area contributed by atoms with E-state index >= 15 is 0 Å². The predicted molar refractivity (Wildman–Crippen MR) is 133 cm³/mol. The first-order chi connectivity index (χ1) is 19.0. The lowest BCUT2D eigenvalue weighted by Crippen LogP contribution is -2.53. The monoisotopic (exact) mass is 610 g/mol. The quantitative estimate of drug-likeness (QED) is 0.263. The van der Waals surface area contributed by atoms with Crippen LogP contribution in [0.4, 0.5) is 26.3 Å². The molecule has 1 aliphatic heterocycles. The summed E-state index contributed by atoms with van der Waals surface area (Å²) in [5, 5.41) is 3.28. The van der Waals surface area contributed by atoms with Crippen molar-refractivity contribution in [2.24, 2.45) is 5.92 Å². The number of carbonyl (C=O) groups excluding carboxylic acids is 4. The number of halogens is 7. The van der Waals surface area contributed by atoms with E-state index in [-0.39, 0.29) is 61.2 Å². The number of hydrogen-bond donors (Lipinski definition) is 1. The average molecular weight is 611 g/mol. The molecule has 41 heavy (non-hydrogen) atoms. The summed E-state index contributed by atoms with van der Waals surface area (Å²) in [6.45, 7) is 2.12. The molecular weight excluding hydrogens is 586 g/mol. The van der Waals surface area contributed by atoms with Gasteiger partial charge in [-0.25, -0.2) is 9.59 Å². The highest BCUT2D eigenvalue weighted by atomic mass is 35.5. The van der Waals surface area contributed by atoms with Crippen LogP contribution >= 0.6 is 11.6 Å². The van der Waals surface area contributed by atoms with Gasteiger partial charge in [-0.05, 0) is 38.2 Å². The molecule has 224 valence electrons. The Morgan fingerprint density at radius 3 is 2.10 bits per heavy atom. The van der Waals surface area contributed by atoms with Gasteiger partial charge in [-0.15, -0.1) is 0 Å². The van der Waals surface area contributed by atoms with E-state index in [9.17, 15) is 45.5 Å². The van der Waals surface area contributed by atoms with Gasteiger partial charge in [0.05, 0.1) is 12.2 Å². The number of benzene rings is 2. The lowest BCUT2D eigenvalue weighted by atomic mass is 9.96. The van der Waals surface area contributed by atoms with E-state index in [0.717, 1.165) is 6.92 Å². The summed E-state index contributed by atoms with van der Waals surface area (Å²) >= 11 is 6.37. The number of nitrogens with one attached hydrogen (secondary N) is 1. The largest absolute Gasteiger partial charge is 0.492 e.